The summed E-state index contributed by atoms with van der Waals surface area (Å²) in [6.45, 7) is 7.06. The van der Waals surface area contributed by atoms with E-state index in [2.05, 4.69) is 5.32 Å². The molecule has 3 aromatic carbocycles. The van der Waals surface area contributed by atoms with E-state index in [4.69, 9.17) is 11.6 Å². The third-order valence-electron chi connectivity index (χ3n) is 6.02. The second-order valence-corrected chi connectivity index (χ2v) is 11.7. The summed E-state index contributed by atoms with van der Waals surface area (Å²) in [5, 5.41) is 3.33. The molecule has 1 N–H and O–H groups in total. The number of hydrogen-bond donors (Lipinski definition) is 1. The van der Waals surface area contributed by atoms with E-state index in [0.29, 0.717) is 17.1 Å². The number of aryl methyl sites for hydroxylation is 1. The largest absolute Gasteiger partial charge is 0.352 e. The van der Waals surface area contributed by atoms with E-state index < -0.39 is 28.5 Å². The van der Waals surface area contributed by atoms with Crippen LogP contribution in [0.5, 0.6) is 0 Å². The molecule has 0 aliphatic heterocycles. The van der Waals surface area contributed by atoms with E-state index in [1.807, 2.05) is 58.0 Å². The molecule has 0 heterocycles. The molecule has 0 bridgehead atoms. The van der Waals surface area contributed by atoms with Gasteiger partial charge in [0.25, 0.3) is 10.0 Å². The molecule has 0 aliphatic rings. The normalized spacial score (nSPS) is 12.2. The topological polar surface area (TPSA) is 86.8 Å². The molecule has 0 fully saturated rings. The summed E-state index contributed by atoms with van der Waals surface area (Å²) in [5.41, 5.74) is 2.04. The molecule has 0 spiro atoms. The standard InChI is InChI=1S/C29H34ClN3O4S/c1-5-27(29(35)31-21(2)3)32(19-23-9-7-6-8-10-23)28(34)20-33(25-15-13-24(30)14-16-25)38(36,37)26-17-11-22(4)12-18-26/h6-18,21,27H,5,19-20H2,1-4H3,(H,31,35)/t27-/m1/s1. The van der Waals surface area contributed by atoms with Gasteiger partial charge in [-0.2, -0.15) is 0 Å². The van der Waals surface area contributed by atoms with Crippen LogP contribution in [0.2, 0.25) is 5.02 Å². The highest BCUT2D eigenvalue weighted by Gasteiger charge is 2.33. The van der Waals surface area contributed by atoms with Crippen molar-refractivity contribution in [2.45, 2.75) is 57.6 Å². The van der Waals surface area contributed by atoms with Gasteiger partial charge in [-0.05, 0) is 69.2 Å². The Hall–Kier alpha value is -3.36. The number of nitrogens with zero attached hydrogens (tertiary/aromatic N) is 2. The Balaban J connectivity index is 2.04. The molecule has 2 amide bonds. The maximum absolute atomic E-state index is 13.9. The van der Waals surface area contributed by atoms with Crippen LogP contribution in [-0.4, -0.2) is 43.8 Å². The average Bonchev–Trinajstić information content (AvgIpc) is 2.88. The Morgan fingerprint density at radius 3 is 2.08 bits per heavy atom. The van der Waals surface area contributed by atoms with Crippen LogP contribution < -0.4 is 9.62 Å². The Morgan fingerprint density at radius 2 is 1.53 bits per heavy atom. The van der Waals surface area contributed by atoms with Gasteiger partial charge < -0.3 is 10.2 Å². The molecular formula is C29H34ClN3O4S. The van der Waals surface area contributed by atoms with Gasteiger partial charge in [0.2, 0.25) is 11.8 Å². The highest BCUT2D eigenvalue weighted by atomic mass is 35.5. The van der Waals surface area contributed by atoms with Gasteiger partial charge in [-0.3, -0.25) is 13.9 Å². The fourth-order valence-electron chi connectivity index (χ4n) is 4.05. The third-order valence-corrected chi connectivity index (χ3v) is 8.06. The summed E-state index contributed by atoms with van der Waals surface area (Å²) in [6, 6.07) is 21.2. The Labute approximate surface area is 230 Å². The smallest absolute Gasteiger partial charge is 0.264 e. The lowest BCUT2D eigenvalue weighted by molar-refractivity contribution is -0.140. The second-order valence-electron chi connectivity index (χ2n) is 9.40. The van der Waals surface area contributed by atoms with Gasteiger partial charge >= 0.3 is 0 Å². The van der Waals surface area contributed by atoms with E-state index in [0.717, 1.165) is 15.4 Å². The molecule has 9 heteroatoms. The molecule has 0 radical (unpaired) electrons. The van der Waals surface area contributed by atoms with E-state index in [1.165, 1.54) is 17.0 Å². The number of carbonyl (C=O) groups excluding carboxylic acids is 2. The van der Waals surface area contributed by atoms with Gasteiger partial charge in [-0.1, -0.05) is 66.6 Å². The fourth-order valence-corrected chi connectivity index (χ4v) is 5.59. The second kappa shape index (κ2) is 12.9. The summed E-state index contributed by atoms with van der Waals surface area (Å²) in [7, 11) is -4.11. The maximum Gasteiger partial charge on any atom is 0.264 e. The number of carbonyl (C=O) groups is 2. The molecule has 0 unspecified atom stereocenters. The molecule has 0 aliphatic carbocycles. The monoisotopic (exact) mass is 555 g/mol. The number of benzene rings is 3. The summed E-state index contributed by atoms with van der Waals surface area (Å²) < 4.78 is 28.7. The quantitative estimate of drug-likeness (QED) is 0.353. The Morgan fingerprint density at radius 1 is 0.921 bits per heavy atom. The fraction of sp³-hybridized carbons (Fsp3) is 0.310. The lowest BCUT2D eigenvalue weighted by Crippen LogP contribution is -2.53. The summed E-state index contributed by atoms with van der Waals surface area (Å²) in [4.78, 5) is 28.6. The van der Waals surface area contributed by atoms with Crippen LogP contribution in [0.3, 0.4) is 0 Å². The first-order valence-electron chi connectivity index (χ1n) is 12.5. The van der Waals surface area contributed by atoms with Crippen LogP contribution in [-0.2, 0) is 26.2 Å². The lowest BCUT2D eigenvalue weighted by atomic mass is 10.1. The number of amides is 2. The summed E-state index contributed by atoms with van der Waals surface area (Å²) in [5.74, 6) is -0.781. The minimum Gasteiger partial charge on any atom is -0.352 e. The predicted octanol–water partition coefficient (Wildman–Crippen LogP) is 5.18. The van der Waals surface area contributed by atoms with E-state index in [-0.39, 0.29) is 23.4 Å². The van der Waals surface area contributed by atoms with Crippen molar-refractivity contribution < 1.29 is 18.0 Å². The van der Waals surface area contributed by atoms with E-state index in [1.54, 1.807) is 36.4 Å². The number of sulfonamides is 1. The van der Waals surface area contributed by atoms with Gasteiger partial charge in [0.05, 0.1) is 10.6 Å². The van der Waals surface area contributed by atoms with Crippen LogP contribution in [0.15, 0.2) is 83.8 Å². The average molecular weight is 556 g/mol. The lowest BCUT2D eigenvalue weighted by Gasteiger charge is -2.33. The van der Waals surface area contributed by atoms with Crippen LogP contribution in [0.4, 0.5) is 5.69 Å². The van der Waals surface area contributed by atoms with Crippen molar-refractivity contribution in [2.24, 2.45) is 0 Å². The number of hydrogen-bond acceptors (Lipinski definition) is 4. The van der Waals surface area contributed by atoms with Crippen molar-refractivity contribution in [3.63, 3.8) is 0 Å². The molecule has 202 valence electrons. The first kappa shape index (κ1) is 29.2. The first-order chi connectivity index (χ1) is 18.0. The molecule has 0 aromatic heterocycles. The molecule has 3 rings (SSSR count). The molecule has 0 saturated carbocycles. The third kappa shape index (κ3) is 7.36. The highest BCUT2D eigenvalue weighted by Crippen LogP contribution is 2.26. The molecule has 1 atom stereocenters. The van der Waals surface area contributed by atoms with Crippen LogP contribution in [0.1, 0.15) is 38.3 Å². The van der Waals surface area contributed by atoms with E-state index >= 15 is 0 Å². The number of nitrogens with one attached hydrogen (secondary N) is 1. The Kier molecular flexibility index (Phi) is 9.94. The number of anilines is 1. The van der Waals surface area contributed by atoms with Gasteiger partial charge in [0.15, 0.2) is 0 Å². The van der Waals surface area contributed by atoms with Crippen molar-refractivity contribution in [3.8, 4) is 0 Å². The minimum absolute atomic E-state index is 0.0602. The molecule has 7 nitrogen and oxygen atoms in total. The van der Waals surface area contributed by atoms with Crippen molar-refractivity contribution in [2.75, 3.05) is 10.8 Å². The van der Waals surface area contributed by atoms with Gasteiger partial charge in [0, 0.05) is 17.6 Å². The zero-order valence-electron chi connectivity index (χ0n) is 22.1. The predicted molar refractivity (Wildman–Crippen MR) is 152 cm³/mol. The maximum atomic E-state index is 13.9. The minimum atomic E-state index is -4.11. The molecule has 38 heavy (non-hydrogen) atoms. The summed E-state index contributed by atoms with van der Waals surface area (Å²) >= 11 is 6.06. The number of rotatable bonds is 11. The zero-order chi connectivity index (χ0) is 27.9. The highest BCUT2D eigenvalue weighted by molar-refractivity contribution is 7.92. The van der Waals surface area contributed by atoms with Crippen molar-refractivity contribution in [1.29, 1.82) is 0 Å². The SMILES string of the molecule is CC[C@H](C(=O)NC(C)C)N(Cc1ccccc1)C(=O)CN(c1ccc(Cl)cc1)S(=O)(=O)c1ccc(C)cc1. The number of halogens is 1. The molecular weight excluding hydrogens is 522 g/mol. The summed E-state index contributed by atoms with van der Waals surface area (Å²) in [6.07, 6.45) is 0.364. The zero-order valence-corrected chi connectivity index (χ0v) is 23.7. The van der Waals surface area contributed by atoms with Crippen molar-refractivity contribution >= 4 is 39.1 Å². The van der Waals surface area contributed by atoms with Crippen LogP contribution in [0, 0.1) is 6.92 Å². The van der Waals surface area contributed by atoms with Crippen LogP contribution in [0.25, 0.3) is 0 Å². The van der Waals surface area contributed by atoms with Gasteiger partial charge in [-0.25, -0.2) is 8.42 Å². The Bertz CT molecular complexity index is 1330. The van der Waals surface area contributed by atoms with Crippen molar-refractivity contribution in [1.82, 2.24) is 10.2 Å². The van der Waals surface area contributed by atoms with Gasteiger partial charge in [-0.15, -0.1) is 0 Å². The molecule has 3 aromatic rings. The van der Waals surface area contributed by atoms with E-state index in [9.17, 15) is 18.0 Å². The van der Waals surface area contributed by atoms with Gasteiger partial charge in [0.1, 0.15) is 12.6 Å². The molecule has 0 saturated heterocycles. The first-order valence-corrected chi connectivity index (χ1v) is 14.3. The van der Waals surface area contributed by atoms with Crippen molar-refractivity contribution in [3.05, 3.63) is 95.0 Å². The van der Waals surface area contributed by atoms with Crippen LogP contribution >= 0.6 is 11.6 Å².